The molecule has 0 aliphatic heterocycles. The second-order valence-electron chi connectivity index (χ2n) is 5.84. The van der Waals surface area contributed by atoms with Crippen molar-refractivity contribution in [1.82, 2.24) is 5.32 Å². The summed E-state index contributed by atoms with van der Waals surface area (Å²) in [5.41, 5.74) is 6.52. The SMILES string of the molecule is CC(C)Oc1cccc(C(=O)NCC2CCC(N)C2)c1. The van der Waals surface area contributed by atoms with E-state index in [1.165, 1.54) is 0 Å². The van der Waals surface area contributed by atoms with Crippen molar-refractivity contribution in [2.45, 2.75) is 45.3 Å². The average molecular weight is 276 g/mol. The summed E-state index contributed by atoms with van der Waals surface area (Å²) >= 11 is 0. The molecular weight excluding hydrogens is 252 g/mol. The van der Waals surface area contributed by atoms with Gasteiger partial charge in [0.25, 0.3) is 5.91 Å². The van der Waals surface area contributed by atoms with Crippen molar-refractivity contribution in [1.29, 1.82) is 0 Å². The van der Waals surface area contributed by atoms with Gasteiger partial charge >= 0.3 is 0 Å². The molecule has 3 N–H and O–H groups in total. The van der Waals surface area contributed by atoms with Gasteiger partial charge in [-0.05, 0) is 57.2 Å². The number of benzene rings is 1. The number of carbonyl (C=O) groups is 1. The average Bonchev–Trinajstić information content (AvgIpc) is 2.81. The van der Waals surface area contributed by atoms with Gasteiger partial charge in [-0.2, -0.15) is 0 Å². The fraction of sp³-hybridized carbons (Fsp3) is 0.562. The van der Waals surface area contributed by atoms with Gasteiger partial charge in [0.05, 0.1) is 6.10 Å². The summed E-state index contributed by atoms with van der Waals surface area (Å²) in [5.74, 6) is 1.21. The van der Waals surface area contributed by atoms with E-state index < -0.39 is 0 Å². The number of amides is 1. The number of ether oxygens (including phenoxy) is 1. The van der Waals surface area contributed by atoms with E-state index in [1.54, 1.807) is 6.07 Å². The van der Waals surface area contributed by atoms with Crippen molar-refractivity contribution in [3.05, 3.63) is 29.8 Å². The van der Waals surface area contributed by atoms with Crippen LogP contribution >= 0.6 is 0 Å². The Morgan fingerprint density at radius 2 is 2.25 bits per heavy atom. The Kier molecular flexibility index (Phi) is 5.01. The van der Waals surface area contributed by atoms with Gasteiger partial charge < -0.3 is 15.8 Å². The number of hydrogen-bond donors (Lipinski definition) is 2. The van der Waals surface area contributed by atoms with Crippen LogP contribution in [0.25, 0.3) is 0 Å². The van der Waals surface area contributed by atoms with Crippen LogP contribution in [0.3, 0.4) is 0 Å². The lowest BCUT2D eigenvalue weighted by Crippen LogP contribution is -2.29. The normalized spacial score (nSPS) is 22.0. The Hall–Kier alpha value is -1.55. The molecule has 0 spiro atoms. The molecule has 4 heteroatoms. The highest BCUT2D eigenvalue weighted by molar-refractivity contribution is 5.94. The van der Waals surface area contributed by atoms with E-state index in [0.717, 1.165) is 25.0 Å². The summed E-state index contributed by atoms with van der Waals surface area (Å²) in [6.07, 6.45) is 3.29. The smallest absolute Gasteiger partial charge is 0.251 e. The first-order valence-electron chi connectivity index (χ1n) is 7.35. The molecule has 1 fully saturated rings. The van der Waals surface area contributed by atoms with Crippen LogP contribution in [0.1, 0.15) is 43.5 Å². The van der Waals surface area contributed by atoms with E-state index in [9.17, 15) is 4.79 Å². The van der Waals surface area contributed by atoms with Gasteiger partial charge in [-0.1, -0.05) is 6.07 Å². The molecule has 0 bridgehead atoms. The molecular formula is C16H24N2O2. The van der Waals surface area contributed by atoms with E-state index in [1.807, 2.05) is 32.0 Å². The maximum atomic E-state index is 12.1. The Labute approximate surface area is 120 Å². The van der Waals surface area contributed by atoms with Gasteiger partial charge in [0, 0.05) is 18.2 Å². The fourth-order valence-electron chi connectivity index (χ4n) is 2.62. The summed E-state index contributed by atoms with van der Waals surface area (Å²) in [6, 6.07) is 7.61. The fourth-order valence-corrected chi connectivity index (χ4v) is 2.62. The van der Waals surface area contributed by atoms with E-state index >= 15 is 0 Å². The zero-order valence-electron chi connectivity index (χ0n) is 12.3. The topological polar surface area (TPSA) is 64.3 Å². The van der Waals surface area contributed by atoms with Crippen molar-refractivity contribution in [2.24, 2.45) is 11.7 Å². The predicted molar refractivity (Wildman–Crippen MR) is 79.9 cm³/mol. The Bertz CT molecular complexity index is 460. The first-order valence-corrected chi connectivity index (χ1v) is 7.35. The second kappa shape index (κ2) is 6.75. The molecule has 1 aromatic rings. The Morgan fingerprint density at radius 3 is 2.90 bits per heavy atom. The lowest BCUT2D eigenvalue weighted by Gasteiger charge is -2.13. The zero-order valence-corrected chi connectivity index (χ0v) is 12.3. The lowest BCUT2D eigenvalue weighted by atomic mass is 10.1. The summed E-state index contributed by atoms with van der Waals surface area (Å²) in [4.78, 5) is 12.1. The summed E-state index contributed by atoms with van der Waals surface area (Å²) in [7, 11) is 0. The van der Waals surface area contributed by atoms with Crippen molar-refractivity contribution in [3.8, 4) is 5.75 Å². The maximum absolute atomic E-state index is 12.1. The minimum atomic E-state index is -0.0420. The van der Waals surface area contributed by atoms with Crippen molar-refractivity contribution in [3.63, 3.8) is 0 Å². The summed E-state index contributed by atoms with van der Waals surface area (Å²) in [5, 5.41) is 2.99. The van der Waals surface area contributed by atoms with E-state index in [-0.39, 0.29) is 12.0 Å². The number of rotatable bonds is 5. The first-order chi connectivity index (χ1) is 9.54. The van der Waals surface area contributed by atoms with Gasteiger partial charge in [0.2, 0.25) is 0 Å². The van der Waals surface area contributed by atoms with Crippen molar-refractivity contribution >= 4 is 5.91 Å². The third-order valence-electron chi connectivity index (χ3n) is 3.60. The highest BCUT2D eigenvalue weighted by Crippen LogP contribution is 2.23. The van der Waals surface area contributed by atoms with E-state index in [2.05, 4.69) is 5.32 Å². The van der Waals surface area contributed by atoms with Crippen LogP contribution in [0.4, 0.5) is 0 Å². The quantitative estimate of drug-likeness (QED) is 0.867. The van der Waals surface area contributed by atoms with Crippen LogP contribution in [0.5, 0.6) is 5.75 Å². The lowest BCUT2D eigenvalue weighted by molar-refractivity contribution is 0.0946. The molecule has 2 unspecified atom stereocenters. The molecule has 1 saturated carbocycles. The minimum absolute atomic E-state index is 0.0420. The van der Waals surface area contributed by atoms with E-state index in [4.69, 9.17) is 10.5 Å². The van der Waals surface area contributed by atoms with Gasteiger partial charge in [-0.15, -0.1) is 0 Å². The van der Waals surface area contributed by atoms with Crippen LogP contribution < -0.4 is 15.8 Å². The van der Waals surface area contributed by atoms with Crippen molar-refractivity contribution < 1.29 is 9.53 Å². The third-order valence-corrected chi connectivity index (χ3v) is 3.60. The molecule has 0 heterocycles. The number of nitrogens with one attached hydrogen (secondary N) is 1. The highest BCUT2D eigenvalue weighted by atomic mass is 16.5. The van der Waals surface area contributed by atoms with Gasteiger partial charge in [-0.25, -0.2) is 0 Å². The minimum Gasteiger partial charge on any atom is -0.491 e. The van der Waals surface area contributed by atoms with Crippen molar-refractivity contribution in [2.75, 3.05) is 6.54 Å². The third kappa shape index (κ3) is 4.23. The molecule has 1 aliphatic carbocycles. The standard InChI is InChI=1S/C16H24N2O2/c1-11(2)20-15-5-3-4-13(9-15)16(19)18-10-12-6-7-14(17)8-12/h3-5,9,11-12,14H,6-8,10,17H2,1-2H3,(H,18,19). The number of carbonyl (C=O) groups excluding carboxylic acids is 1. The van der Waals surface area contributed by atoms with Crippen LogP contribution in [-0.4, -0.2) is 24.6 Å². The molecule has 4 nitrogen and oxygen atoms in total. The van der Waals surface area contributed by atoms with Crippen LogP contribution in [-0.2, 0) is 0 Å². The molecule has 110 valence electrons. The van der Waals surface area contributed by atoms with Crippen LogP contribution in [0, 0.1) is 5.92 Å². The summed E-state index contributed by atoms with van der Waals surface area (Å²) in [6.45, 7) is 4.65. The molecule has 2 atom stereocenters. The summed E-state index contributed by atoms with van der Waals surface area (Å²) < 4.78 is 5.60. The molecule has 1 aromatic carbocycles. The number of nitrogens with two attached hydrogens (primary N) is 1. The number of hydrogen-bond acceptors (Lipinski definition) is 3. The van der Waals surface area contributed by atoms with Gasteiger partial charge in [0.1, 0.15) is 5.75 Å². The molecule has 20 heavy (non-hydrogen) atoms. The van der Waals surface area contributed by atoms with Gasteiger partial charge in [0.15, 0.2) is 0 Å². The largest absolute Gasteiger partial charge is 0.491 e. The molecule has 2 rings (SSSR count). The molecule has 0 saturated heterocycles. The predicted octanol–water partition coefficient (Wildman–Crippen LogP) is 2.33. The molecule has 0 radical (unpaired) electrons. The second-order valence-corrected chi connectivity index (χ2v) is 5.84. The van der Waals surface area contributed by atoms with Gasteiger partial charge in [-0.3, -0.25) is 4.79 Å². The highest BCUT2D eigenvalue weighted by Gasteiger charge is 2.22. The molecule has 0 aromatic heterocycles. The van der Waals surface area contributed by atoms with Crippen LogP contribution in [0.2, 0.25) is 0 Å². The maximum Gasteiger partial charge on any atom is 0.251 e. The van der Waals surface area contributed by atoms with E-state index in [0.29, 0.717) is 24.1 Å². The van der Waals surface area contributed by atoms with Crippen LogP contribution in [0.15, 0.2) is 24.3 Å². The zero-order chi connectivity index (χ0) is 14.5. The Balaban J connectivity index is 1.88. The molecule has 1 aliphatic rings. The Morgan fingerprint density at radius 1 is 1.45 bits per heavy atom. The molecule has 1 amide bonds. The monoisotopic (exact) mass is 276 g/mol. The first kappa shape index (κ1) is 14.9.